The van der Waals surface area contributed by atoms with Gasteiger partial charge in [-0.2, -0.15) is 0 Å². The van der Waals surface area contributed by atoms with Crippen molar-refractivity contribution in [2.24, 2.45) is 61.8 Å². The van der Waals surface area contributed by atoms with E-state index in [1.165, 1.54) is 20.0 Å². The number of fused-ring (bicyclic) bond motifs is 7. The van der Waals surface area contributed by atoms with Crippen LogP contribution in [-0.4, -0.2) is 36.1 Å². The summed E-state index contributed by atoms with van der Waals surface area (Å²) < 4.78 is 11.4. The normalized spacial score (nSPS) is 49.6. The fraction of sp³-hybridized carbons (Fsp3) is 0.906. The lowest BCUT2D eigenvalue weighted by Gasteiger charge is -2.72. The third-order valence-corrected chi connectivity index (χ3v) is 14.0. The molecule has 0 unspecified atom stereocenters. The first-order valence-corrected chi connectivity index (χ1v) is 15.2. The fourth-order valence-corrected chi connectivity index (χ4v) is 12.1. The number of carbonyl (C=O) groups excluding carboxylic acids is 2. The van der Waals surface area contributed by atoms with E-state index in [-0.39, 0.29) is 51.5 Å². The maximum absolute atomic E-state index is 13.4. The predicted octanol–water partition coefficient (Wildman–Crippen LogP) is 7.02. The molecule has 6 nitrogen and oxygen atoms in total. The van der Waals surface area contributed by atoms with Gasteiger partial charge in [-0.05, 0) is 111 Å². The first-order chi connectivity index (χ1) is 17.7. The number of rotatable bonds is 3. The molecule has 0 saturated heterocycles. The van der Waals surface area contributed by atoms with E-state index in [0.29, 0.717) is 17.8 Å². The summed E-state index contributed by atoms with van der Waals surface area (Å²) in [4.78, 5) is 25.3. The maximum Gasteiger partial charge on any atom is 0.312 e. The van der Waals surface area contributed by atoms with Crippen LogP contribution in [0.25, 0.3) is 0 Å². The van der Waals surface area contributed by atoms with Crippen LogP contribution in [0.1, 0.15) is 113 Å². The van der Waals surface area contributed by atoms with Crippen LogP contribution in [0.4, 0.5) is 0 Å². The Labute approximate surface area is 229 Å². The van der Waals surface area contributed by atoms with E-state index >= 15 is 0 Å². The Bertz CT molecular complexity index is 1020. The Morgan fingerprint density at radius 3 is 2.16 bits per heavy atom. The monoisotopic (exact) mass is 529 g/mol. The van der Waals surface area contributed by atoms with Gasteiger partial charge >= 0.3 is 11.9 Å². The zero-order valence-electron chi connectivity index (χ0n) is 25.1. The van der Waals surface area contributed by atoms with E-state index in [0.717, 1.165) is 57.1 Å². The molecule has 0 bridgehead atoms. The van der Waals surface area contributed by atoms with Crippen LogP contribution in [0.5, 0.6) is 0 Å². The summed E-state index contributed by atoms with van der Waals surface area (Å²) in [6.45, 7) is 15.8. The molecule has 0 amide bonds. The third kappa shape index (κ3) is 3.46. The van der Waals surface area contributed by atoms with Gasteiger partial charge in [0.1, 0.15) is 6.10 Å². The average Bonchev–Trinajstić information content (AvgIpc) is 3.26. The second-order valence-corrected chi connectivity index (χ2v) is 15.2. The van der Waals surface area contributed by atoms with Gasteiger partial charge in [-0.15, -0.1) is 0 Å². The van der Waals surface area contributed by atoms with Crippen molar-refractivity contribution in [3.63, 3.8) is 0 Å². The highest BCUT2D eigenvalue weighted by molar-refractivity contribution is 5.87. The molecule has 5 aliphatic rings. The topological polar surface area (TPSA) is 85.2 Å². The molecule has 0 aliphatic heterocycles. The van der Waals surface area contributed by atoms with Crippen molar-refractivity contribution in [1.82, 2.24) is 0 Å². The van der Waals surface area contributed by atoms with Gasteiger partial charge in [-0.3, -0.25) is 9.59 Å². The number of esters is 2. The Morgan fingerprint density at radius 2 is 1.53 bits per heavy atom. The number of hydrogen-bond donors (Lipinski definition) is 1. The number of hydrogen-bond acceptors (Lipinski definition) is 6. The van der Waals surface area contributed by atoms with Crippen molar-refractivity contribution >= 4 is 17.7 Å². The number of carbonyl (C=O) groups is 2. The average molecular weight is 530 g/mol. The molecule has 10 atom stereocenters. The van der Waals surface area contributed by atoms with Crippen LogP contribution < -0.4 is 0 Å². The summed E-state index contributed by atoms with van der Waals surface area (Å²) in [5.74, 6) is 1.62. The van der Waals surface area contributed by atoms with Crippen molar-refractivity contribution in [2.75, 3.05) is 7.11 Å². The SMILES string of the molecule is COC(=O)[C@]12CC[C@@H](/C(C)=N\O)[C@@H]1[C@H]1CC[C@@H]3[C@@]4(C)CC[C@H](OC(C)=O)C(C)(C)[C@@H]4CC[C@@]3(C)[C@]1(C)CC2. The minimum Gasteiger partial charge on any atom is -0.469 e. The molecule has 6 heteroatoms. The standard InChI is InChI=1S/C32H51NO5/c1-19(33-36)21-11-16-32(27(35)37-8)18-17-30(6)22(26(21)32)9-10-24-29(5)14-13-25(38-20(2)34)28(3,4)23(29)12-15-31(24,30)7/h21-26,36H,9-18H2,1-8H3/b33-19-/t21-,22+,23-,24+,25-,26+,29-,30+,31+,32-/m0/s1. The van der Waals surface area contributed by atoms with Crippen LogP contribution >= 0.6 is 0 Å². The summed E-state index contributed by atoms with van der Waals surface area (Å²) in [5, 5.41) is 13.5. The lowest BCUT2D eigenvalue weighted by Crippen LogP contribution is -2.67. The zero-order valence-corrected chi connectivity index (χ0v) is 25.1. The predicted molar refractivity (Wildman–Crippen MR) is 147 cm³/mol. The van der Waals surface area contributed by atoms with Gasteiger partial charge in [0, 0.05) is 18.3 Å². The second kappa shape index (κ2) is 8.96. The Kier molecular flexibility index (Phi) is 6.59. The molecule has 214 valence electrons. The highest BCUT2D eigenvalue weighted by Gasteiger charge is 2.72. The van der Waals surface area contributed by atoms with E-state index in [1.54, 1.807) is 6.92 Å². The zero-order chi connectivity index (χ0) is 27.9. The molecule has 0 heterocycles. The van der Waals surface area contributed by atoms with Crippen molar-refractivity contribution in [3.05, 3.63) is 0 Å². The molecule has 5 aliphatic carbocycles. The summed E-state index contributed by atoms with van der Waals surface area (Å²) in [6, 6.07) is 0. The molecule has 5 rings (SSSR count). The van der Waals surface area contributed by atoms with Crippen molar-refractivity contribution in [3.8, 4) is 0 Å². The van der Waals surface area contributed by atoms with E-state index < -0.39 is 5.41 Å². The van der Waals surface area contributed by atoms with Gasteiger partial charge < -0.3 is 14.7 Å². The van der Waals surface area contributed by atoms with Crippen molar-refractivity contribution in [1.29, 1.82) is 0 Å². The molecule has 5 fully saturated rings. The van der Waals surface area contributed by atoms with Crippen LogP contribution in [0.3, 0.4) is 0 Å². The summed E-state index contributed by atoms with van der Waals surface area (Å²) in [6.07, 6.45) is 10.3. The van der Waals surface area contributed by atoms with Crippen LogP contribution in [0.2, 0.25) is 0 Å². The van der Waals surface area contributed by atoms with Crippen molar-refractivity contribution in [2.45, 2.75) is 119 Å². The van der Waals surface area contributed by atoms with Crippen LogP contribution in [0.15, 0.2) is 5.16 Å². The number of nitrogens with zero attached hydrogens (tertiary/aromatic N) is 1. The van der Waals surface area contributed by atoms with Gasteiger partial charge in [0.15, 0.2) is 0 Å². The fourth-order valence-electron chi connectivity index (χ4n) is 12.1. The summed E-state index contributed by atoms with van der Waals surface area (Å²) in [7, 11) is 1.54. The highest BCUT2D eigenvalue weighted by atomic mass is 16.5. The summed E-state index contributed by atoms with van der Waals surface area (Å²) in [5.41, 5.74) is 0.764. The molecule has 1 N–H and O–H groups in total. The molecule has 0 aromatic rings. The smallest absolute Gasteiger partial charge is 0.312 e. The van der Waals surface area contributed by atoms with Crippen LogP contribution in [-0.2, 0) is 19.1 Å². The number of methoxy groups -OCH3 is 1. The molecule has 38 heavy (non-hydrogen) atoms. The Balaban J connectivity index is 1.53. The highest BCUT2D eigenvalue weighted by Crippen LogP contribution is 2.77. The first kappa shape index (κ1) is 28.0. The molecule has 5 saturated carbocycles. The van der Waals surface area contributed by atoms with Gasteiger partial charge in [0.25, 0.3) is 0 Å². The quantitative estimate of drug-likeness (QED) is 0.184. The van der Waals surface area contributed by atoms with Gasteiger partial charge in [0.05, 0.1) is 18.2 Å². The van der Waals surface area contributed by atoms with E-state index in [2.05, 4.69) is 39.8 Å². The molecule has 0 radical (unpaired) electrons. The molecular formula is C32H51NO5. The number of oxime groups is 1. The van der Waals surface area contributed by atoms with Gasteiger partial charge in [-0.1, -0.05) is 39.8 Å². The molecule has 0 aromatic heterocycles. The lowest BCUT2D eigenvalue weighted by molar-refractivity contribution is -0.250. The maximum atomic E-state index is 13.4. The van der Waals surface area contributed by atoms with Crippen molar-refractivity contribution < 1.29 is 24.3 Å². The minimum absolute atomic E-state index is 0.00954. The second-order valence-electron chi connectivity index (χ2n) is 15.2. The van der Waals surface area contributed by atoms with Crippen LogP contribution in [0, 0.1) is 56.7 Å². The van der Waals surface area contributed by atoms with Gasteiger partial charge in [-0.25, -0.2) is 0 Å². The van der Waals surface area contributed by atoms with E-state index in [9.17, 15) is 14.8 Å². The largest absolute Gasteiger partial charge is 0.469 e. The Morgan fingerprint density at radius 1 is 0.816 bits per heavy atom. The molecular weight excluding hydrogens is 478 g/mol. The molecule has 0 spiro atoms. The lowest BCUT2D eigenvalue weighted by atomic mass is 9.32. The first-order valence-electron chi connectivity index (χ1n) is 15.2. The van der Waals surface area contributed by atoms with Gasteiger partial charge in [0.2, 0.25) is 0 Å². The summed E-state index contributed by atoms with van der Waals surface area (Å²) >= 11 is 0. The third-order valence-electron chi connectivity index (χ3n) is 14.0. The Hall–Kier alpha value is -1.59. The van der Waals surface area contributed by atoms with E-state index in [4.69, 9.17) is 9.47 Å². The molecule has 0 aromatic carbocycles. The van der Waals surface area contributed by atoms with E-state index in [1.807, 2.05) is 6.92 Å². The minimum atomic E-state index is -0.454. The number of ether oxygens (including phenoxy) is 2.